The van der Waals surface area contributed by atoms with E-state index in [-0.39, 0.29) is 11.5 Å². The van der Waals surface area contributed by atoms with Gasteiger partial charge in [-0.2, -0.15) is 0 Å². The van der Waals surface area contributed by atoms with Crippen LogP contribution < -0.4 is 5.32 Å². The Labute approximate surface area is 66.0 Å². The highest BCUT2D eigenvalue weighted by Crippen LogP contribution is 2.04. The summed E-state index contributed by atoms with van der Waals surface area (Å²) in [7, 11) is 5.79. The van der Waals surface area contributed by atoms with Gasteiger partial charge in [-0.25, -0.2) is 0 Å². The summed E-state index contributed by atoms with van der Waals surface area (Å²) in [5, 5.41) is 3.30. The van der Waals surface area contributed by atoms with Gasteiger partial charge in [0.05, 0.1) is 7.85 Å². The maximum atomic E-state index is 5.79. The normalized spacial score (nSPS) is 15.8. The fourth-order valence-corrected chi connectivity index (χ4v) is 0.667. The van der Waals surface area contributed by atoms with Crippen molar-refractivity contribution in [3.63, 3.8) is 0 Å². The first-order valence-corrected chi connectivity index (χ1v) is 3.86. The van der Waals surface area contributed by atoms with Crippen molar-refractivity contribution in [3.05, 3.63) is 0 Å². The molecule has 1 N–H and O–H groups in total. The molecule has 0 aromatic heterocycles. The molecule has 0 saturated heterocycles. The lowest BCUT2D eigenvalue weighted by Gasteiger charge is -2.28. The Kier molecular flexibility index (Phi) is 3.43. The number of rotatable bonds is 2. The lowest BCUT2D eigenvalue weighted by atomic mass is 9.84. The third-order valence-corrected chi connectivity index (χ3v) is 1.32. The third kappa shape index (κ3) is 4.86. The highest BCUT2D eigenvalue weighted by Gasteiger charge is 2.14. The zero-order chi connectivity index (χ0) is 8.36. The van der Waals surface area contributed by atoms with E-state index in [1.807, 2.05) is 0 Å². The van der Waals surface area contributed by atoms with Gasteiger partial charge in [-0.1, -0.05) is 13.8 Å². The van der Waals surface area contributed by atoms with Gasteiger partial charge in [-0.3, -0.25) is 0 Å². The standard InChI is InChI=1S/C8H18BN/c1-6(2)7(9)10-8(3,4)5/h6-7,10H,1-5H3. The molecular formula is C8H18BN. The van der Waals surface area contributed by atoms with Crippen molar-refractivity contribution in [2.24, 2.45) is 5.92 Å². The summed E-state index contributed by atoms with van der Waals surface area (Å²) >= 11 is 0. The van der Waals surface area contributed by atoms with E-state index >= 15 is 0 Å². The number of nitrogens with one attached hydrogen (secondary N) is 1. The molecular weight excluding hydrogens is 121 g/mol. The molecule has 0 aliphatic rings. The first kappa shape index (κ1) is 10.0. The summed E-state index contributed by atoms with van der Waals surface area (Å²) < 4.78 is 0. The van der Waals surface area contributed by atoms with Crippen LogP contribution in [0.4, 0.5) is 0 Å². The fraction of sp³-hybridized carbons (Fsp3) is 1.00. The molecule has 0 amide bonds. The highest BCUT2D eigenvalue weighted by molar-refractivity contribution is 6.11. The minimum atomic E-state index is 0.111. The van der Waals surface area contributed by atoms with Crippen molar-refractivity contribution in [1.29, 1.82) is 0 Å². The predicted molar refractivity (Wildman–Crippen MR) is 47.3 cm³/mol. The van der Waals surface area contributed by atoms with E-state index in [2.05, 4.69) is 39.9 Å². The van der Waals surface area contributed by atoms with Crippen LogP contribution in [0.1, 0.15) is 34.6 Å². The minimum Gasteiger partial charge on any atom is -0.318 e. The molecule has 2 heteroatoms. The molecule has 0 aliphatic carbocycles. The van der Waals surface area contributed by atoms with E-state index < -0.39 is 0 Å². The zero-order valence-electron chi connectivity index (χ0n) is 7.73. The zero-order valence-corrected chi connectivity index (χ0v) is 7.73. The molecule has 0 heterocycles. The van der Waals surface area contributed by atoms with E-state index in [9.17, 15) is 0 Å². The van der Waals surface area contributed by atoms with Gasteiger partial charge in [0.15, 0.2) is 0 Å². The molecule has 0 aromatic rings. The number of hydrogen-bond donors (Lipinski definition) is 1. The Hall–Kier alpha value is 0.0249. The second-order valence-electron chi connectivity index (χ2n) is 4.16. The molecule has 2 radical (unpaired) electrons. The molecule has 0 bridgehead atoms. The molecule has 1 atom stereocenters. The summed E-state index contributed by atoms with van der Waals surface area (Å²) in [6.45, 7) is 10.6. The van der Waals surface area contributed by atoms with Crippen LogP contribution in [0.5, 0.6) is 0 Å². The minimum absolute atomic E-state index is 0.111. The summed E-state index contributed by atoms with van der Waals surface area (Å²) in [6.07, 6.45) is 0. The summed E-state index contributed by atoms with van der Waals surface area (Å²) in [5.41, 5.74) is 0.129. The molecule has 0 saturated carbocycles. The second-order valence-corrected chi connectivity index (χ2v) is 4.16. The van der Waals surface area contributed by atoms with Crippen LogP contribution in [0, 0.1) is 5.92 Å². The van der Waals surface area contributed by atoms with E-state index in [4.69, 9.17) is 7.85 Å². The SMILES string of the molecule is [B]C(NC(C)(C)C)C(C)C. The van der Waals surface area contributed by atoms with Gasteiger partial charge >= 0.3 is 0 Å². The highest BCUT2D eigenvalue weighted by atomic mass is 15.0. The van der Waals surface area contributed by atoms with Crippen LogP contribution in [0.3, 0.4) is 0 Å². The van der Waals surface area contributed by atoms with Gasteiger partial charge in [0.25, 0.3) is 0 Å². The van der Waals surface area contributed by atoms with Crippen LogP contribution in [0.15, 0.2) is 0 Å². The molecule has 1 unspecified atom stereocenters. The van der Waals surface area contributed by atoms with E-state index in [1.54, 1.807) is 0 Å². The van der Waals surface area contributed by atoms with E-state index in [0.29, 0.717) is 5.92 Å². The third-order valence-electron chi connectivity index (χ3n) is 1.32. The van der Waals surface area contributed by atoms with Crippen LogP contribution in [0.2, 0.25) is 0 Å². The van der Waals surface area contributed by atoms with Gasteiger partial charge in [-0.15, -0.1) is 0 Å². The monoisotopic (exact) mass is 139 g/mol. The quantitative estimate of drug-likeness (QED) is 0.572. The van der Waals surface area contributed by atoms with Crippen molar-refractivity contribution >= 4 is 7.85 Å². The van der Waals surface area contributed by atoms with Gasteiger partial charge in [-0.05, 0) is 32.6 Å². The van der Waals surface area contributed by atoms with Gasteiger partial charge in [0.1, 0.15) is 0 Å². The average Bonchev–Trinajstić information content (AvgIpc) is 1.60. The smallest absolute Gasteiger partial charge is 0.0910 e. The summed E-state index contributed by atoms with van der Waals surface area (Å²) in [6, 6.07) is 0. The first-order valence-electron chi connectivity index (χ1n) is 3.86. The molecule has 0 aliphatic heterocycles. The van der Waals surface area contributed by atoms with Gasteiger partial charge in [0.2, 0.25) is 0 Å². The largest absolute Gasteiger partial charge is 0.318 e. The molecule has 0 aromatic carbocycles. The van der Waals surface area contributed by atoms with Crippen LogP contribution in [0.25, 0.3) is 0 Å². The Morgan fingerprint density at radius 1 is 1.20 bits per heavy atom. The Bertz CT molecular complexity index is 93.9. The van der Waals surface area contributed by atoms with Crippen molar-refractivity contribution in [3.8, 4) is 0 Å². The Morgan fingerprint density at radius 3 is 1.70 bits per heavy atom. The van der Waals surface area contributed by atoms with Crippen LogP contribution in [-0.4, -0.2) is 19.3 Å². The van der Waals surface area contributed by atoms with Crippen molar-refractivity contribution in [2.45, 2.75) is 46.1 Å². The summed E-state index contributed by atoms with van der Waals surface area (Å²) in [4.78, 5) is 0. The molecule has 58 valence electrons. The van der Waals surface area contributed by atoms with Crippen molar-refractivity contribution < 1.29 is 0 Å². The van der Waals surface area contributed by atoms with E-state index in [1.165, 1.54) is 0 Å². The summed E-state index contributed by atoms with van der Waals surface area (Å²) in [5.74, 6) is 0.610. The van der Waals surface area contributed by atoms with Crippen molar-refractivity contribution in [1.82, 2.24) is 5.32 Å². The van der Waals surface area contributed by atoms with Gasteiger partial charge < -0.3 is 5.32 Å². The second kappa shape index (κ2) is 3.43. The lowest BCUT2D eigenvalue weighted by molar-refractivity contribution is 0.366. The molecule has 0 fully saturated rings. The molecule has 10 heavy (non-hydrogen) atoms. The van der Waals surface area contributed by atoms with Crippen LogP contribution >= 0.6 is 0 Å². The maximum Gasteiger partial charge on any atom is 0.0910 e. The first-order chi connectivity index (χ1) is 4.33. The Balaban J connectivity index is 3.68. The molecule has 0 spiro atoms. The lowest BCUT2D eigenvalue weighted by Crippen LogP contribution is -2.46. The number of hydrogen-bond acceptors (Lipinski definition) is 1. The van der Waals surface area contributed by atoms with E-state index in [0.717, 1.165) is 0 Å². The maximum absolute atomic E-state index is 5.79. The predicted octanol–water partition coefficient (Wildman–Crippen LogP) is 1.53. The van der Waals surface area contributed by atoms with Crippen molar-refractivity contribution in [2.75, 3.05) is 0 Å². The topological polar surface area (TPSA) is 12.0 Å². The fourth-order valence-electron chi connectivity index (χ4n) is 0.667. The average molecular weight is 139 g/mol. The molecule has 0 rings (SSSR count). The van der Waals surface area contributed by atoms with Gasteiger partial charge in [0, 0.05) is 5.54 Å². The Morgan fingerprint density at radius 2 is 1.60 bits per heavy atom. The van der Waals surface area contributed by atoms with Crippen LogP contribution in [-0.2, 0) is 0 Å². The molecule has 1 nitrogen and oxygen atoms in total.